The van der Waals surface area contributed by atoms with Crippen molar-refractivity contribution in [3.05, 3.63) is 23.8 Å². The van der Waals surface area contributed by atoms with Crippen LogP contribution >= 0.6 is 0 Å². The quantitative estimate of drug-likeness (QED) is 0.838. The van der Waals surface area contributed by atoms with Crippen molar-refractivity contribution < 1.29 is 14.3 Å². The molecule has 0 fully saturated rings. The van der Waals surface area contributed by atoms with E-state index < -0.39 is 5.60 Å². The number of nitrogens with one attached hydrogen (secondary N) is 1. The van der Waals surface area contributed by atoms with E-state index in [-0.39, 0.29) is 5.91 Å². The predicted octanol–water partition coefficient (Wildman–Crippen LogP) is 3.35. The molecule has 5 nitrogen and oxygen atoms in total. The summed E-state index contributed by atoms with van der Waals surface area (Å²) in [6, 6.07) is 7.13. The van der Waals surface area contributed by atoms with E-state index in [1.807, 2.05) is 20.8 Å². The van der Waals surface area contributed by atoms with Gasteiger partial charge in [-0.15, -0.1) is 0 Å². The summed E-state index contributed by atoms with van der Waals surface area (Å²) in [7, 11) is 1.51. The van der Waals surface area contributed by atoms with Gasteiger partial charge in [-0.2, -0.15) is 5.26 Å². The zero-order valence-corrected chi connectivity index (χ0v) is 13.9. The molecule has 0 aromatic heterocycles. The minimum Gasteiger partial charge on any atom is -0.492 e. The highest BCUT2D eigenvalue weighted by Crippen LogP contribution is 2.24. The lowest BCUT2D eigenvalue weighted by atomic mass is 10.0. The first-order chi connectivity index (χ1) is 10.4. The number of carbonyl (C=O) groups excluding carboxylic acids is 1. The summed E-state index contributed by atoms with van der Waals surface area (Å²) in [4.78, 5) is 12.2. The number of amides is 1. The lowest BCUT2D eigenvalue weighted by molar-refractivity contribution is -0.136. The van der Waals surface area contributed by atoms with Gasteiger partial charge in [-0.05, 0) is 37.5 Å². The maximum atomic E-state index is 12.2. The van der Waals surface area contributed by atoms with Crippen LogP contribution in [0.1, 0.15) is 39.7 Å². The molecule has 0 bridgehead atoms. The van der Waals surface area contributed by atoms with Gasteiger partial charge in [0.25, 0.3) is 5.91 Å². The number of hydrogen-bond donors (Lipinski definition) is 1. The summed E-state index contributed by atoms with van der Waals surface area (Å²) in [5.41, 5.74) is 0.0591. The van der Waals surface area contributed by atoms with Crippen molar-refractivity contribution in [2.75, 3.05) is 19.0 Å². The monoisotopic (exact) mass is 304 g/mol. The van der Waals surface area contributed by atoms with Crippen molar-refractivity contribution in [2.45, 2.75) is 39.7 Å². The van der Waals surface area contributed by atoms with Gasteiger partial charge in [-0.1, -0.05) is 20.8 Å². The Kier molecular flexibility index (Phi) is 6.39. The van der Waals surface area contributed by atoms with E-state index >= 15 is 0 Å². The molecule has 22 heavy (non-hydrogen) atoms. The molecule has 0 saturated carbocycles. The minimum absolute atomic E-state index is 0.239. The number of hydrogen-bond acceptors (Lipinski definition) is 4. The van der Waals surface area contributed by atoms with Crippen LogP contribution < -0.4 is 10.1 Å². The summed E-state index contributed by atoms with van der Waals surface area (Å²) in [5, 5.41) is 12.0. The van der Waals surface area contributed by atoms with Crippen molar-refractivity contribution in [1.82, 2.24) is 0 Å². The zero-order valence-electron chi connectivity index (χ0n) is 13.9. The van der Waals surface area contributed by atoms with Crippen LogP contribution in [0.4, 0.5) is 5.69 Å². The summed E-state index contributed by atoms with van der Waals surface area (Å²) in [6.07, 6.45) is 0.552. The average molecular weight is 304 g/mol. The molecule has 0 unspecified atom stereocenters. The van der Waals surface area contributed by atoms with E-state index in [1.165, 1.54) is 7.11 Å². The van der Waals surface area contributed by atoms with E-state index in [2.05, 4.69) is 11.4 Å². The first kappa shape index (κ1) is 18.0. The summed E-state index contributed by atoms with van der Waals surface area (Å²) < 4.78 is 10.9. The van der Waals surface area contributed by atoms with Crippen LogP contribution in [-0.2, 0) is 9.53 Å². The molecule has 0 aliphatic carbocycles. The Balaban J connectivity index is 2.90. The second-order valence-corrected chi connectivity index (χ2v) is 5.77. The van der Waals surface area contributed by atoms with Gasteiger partial charge >= 0.3 is 0 Å². The van der Waals surface area contributed by atoms with Crippen molar-refractivity contribution in [3.63, 3.8) is 0 Å². The van der Waals surface area contributed by atoms with E-state index in [1.54, 1.807) is 25.1 Å². The fourth-order valence-corrected chi connectivity index (χ4v) is 1.74. The first-order valence-corrected chi connectivity index (χ1v) is 7.39. The highest BCUT2D eigenvalue weighted by molar-refractivity contribution is 5.97. The van der Waals surface area contributed by atoms with E-state index in [9.17, 15) is 10.1 Å². The number of nitrogens with zero attached hydrogens (tertiary/aromatic N) is 1. The van der Waals surface area contributed by atoms with Crippen LogP contribution in [0, 0.1) is 17.2 Å². The Morgan fingerprint density at radius 1 is 1.45 bits per heavy atom. The number of carbonyl (C=O) groups is 1. The van der Waals surface area contributed by atoms with Gasteiger partial charge in [0.2, 0.25) is 0 Å². The molecule has 0 aliphatic heterocycles. The summed E-state index contributed by atoms with van der Waals surface area (Å²) in [6.45, 7) is 8.23. The molecule has 5 heteroatoms. The molecule has 1 N–H and O–H groups in total. The molecule has 0 heterocycles. The number of rotatable bonds is 7. The maximum absolute atomic E-state index is 12.2. The summed E-state index contributed by atoms with van der Waals surface area (Å²) >= 11 is 0. The second-order valence-electron chi connectivity index (χ2n) is 5.77. The van der Waals surface area contributed by atoms with Crippen LogP contribution in [0.15, 0.2) is 18.2 Å². The van der Waals surface area contributed by atoms with E-state index in [0.29, 0.717) is 35.9 Å². The number of anilines is 1. The largest absolute Gasteiger partial charge is 0.492 e. The number of methoxy groups -OCH3 is 1. The fraction of sp³-hybridized carbons (Fsp3) is 0.529. The van der Waals surface area contributed by atoms with Crippen molar-refractivity contribution in [1.29, 1.82) is 5.26 Å². The van der Waals surface area contributed by atoms with Crippen molar-refractivity contribution in [3.8, 4) is 11.8 Å². The molecule has 0 spiro atoms. The average Bonchev–Trinajstić information content (AvgIpc) is 2.52. The predicted molar refractivity (Wildman–Crippen MR) is 85.8 cm³/mol. The Labute approximate surface area is 132 Å². The fourth-order valence-electron chi connectivity index (χ4n) is 1.74. The number of benzene rings is 1. The van der Waals surface area contributed by atoms with Gasteiger partial charge in [-0.25, -0.2) is 0 Å². The molecular formula is C17H24N2O3. The Morgan fingerprint density at radius 2 is 2.14 bits per heavy atom. The molecule has 1 atom stereocenters. The van der Waals surface area contributed by atoms with Crippen molar-refractivity contribution in [2.24, 2.45) is 5.92 Å². The molecule has 0 saturated heterocycles. The smallest absolute Gasteiger partial charge is 0.256 e. The highest BCUT2D eigenvalue weighted by Gasteiger charge is 2.31. The van der Waals surface area contributed by atoms with Crippen molar-refractivity contribution >= 4 is 11.6 Å². The SMILES string of the molecule is CC[C@@](C)(OC)C(=O)Nc1ccc(OCC(C)C)c(C#N)c1. The number of ether oxygens (including phenoxy) is 2. The lowest BCUT2D eigenvalue weighted by Crippen LogP contribution is -2.41. The molecular weight excluding hydrogens is 280 g/mol. The molecule has 1 rings (SSSR count). The van der Waals surface area contributed by atoms with Crippen LogP contribution in [0.5, 0.6) is 5.75 Å². The lowest BCUT2D eigenvalue weighted by Gasteiger charge is -2.25. The molecule has 1 aromatic carbocycles. The van der Waals surface area contributed by atoms with Gasteiger partial charge in [0.15, 0.2) is 0 Å². The van der Waals surface area contributed by atoms with Crippen LogP contribution in [0.2, 0.25) is 0 Å². The standard InChI is InChI=1S/C17H24N2O3/c1-6-17(4,21-5)16(20)19-14-7-8-15(13(9-14)10-18)22-11-12(2)3/h7-9,12H,6,11H2,1-5H3,(H,19,20)/t17-/m1/s1. The first-order valence-electron chi connectivity index (χ1n) is 7.39. The molecule has 1 aromatic rings. The van der Waals surface area contributed by atoms with Gasteiger partial charge < -0.3 is 14.8 Å². The van der Waals surface area contributed by atoms with Crippen LogP contribution in [0.25, 0.3) is 0 Å². The van der Waals surface area contributed by atoms with Crippen LogP contribution in [-0.4, -0.2) is 25.2 Å². The Bertz CT molecular complexity index is 558. The minimum atomic E-state index is -0.889. The van der Waals surface area contributed by atoms with Gasteiger partial charge in [-0.3, -0.25) is 4.79 Å². The molecule has 0 aliphatic rings. The van der Waals surface area contributed by atoms with E-state index in [0.717, 1.165) is 0 Å². The van der Waals surface area contributed by atoms with E-state index in [4.69, 9.17) is 9.47 Å². The van der Waals surface area contributed by atoms with Gasteiger partial charge in [0, 0.05) is 12.8 Å². The Hall–Kier alpha value is -2.06. The number of nitriles is 1. The molecule has 120 valence electrons. The third kappa shape index (κ3) is 4.47. The maximum Gasteiger partial charge on any atom is 0.256 e. The molecule has 0 radical (unpaired) electrons. The third-order valence-electron chi connectivity index (χ3n) is 3.54. The Morgan fingerprint density at radius 3 is 2.64 bits per heavy atom. The normalized spacial score (nSPS) is 13.3. The topological polar surface area (TPSA) is 71.3 Å². The molecule has 1 amide bonds. The third-order valence-corrected chi connectivity index (χ3v) is 3.54. The van der Waals surface area contributed by atoms with Gasteiger partial charge in [0.05, 0.1) is 12.2 Å². The van der Waals surface area contributed by atoms with Crippen LogP contribution in [0.3, 0.4) is 0 Å². The highest BCUT2D eigenvalue weighted by atomic mass is 16.5. The zero-order chi connectivity index (χ0) is 16.8. The van der Waals surface area contributed by atoms with Gasteiger partial charge in [0.1, 0.15) is 17.4 Å². The second kappa shape index (κ2) is 7.81. The summed E-state index contributed by atoms with van der Waals surface area (Å²) in [5.74, 6) is 0.661.